The number of aliphatic hydroxyl groups is 1. The number of aliphatic hydroxyl groups excluding tert-OH is 1. The highest BCUT2D eigenvalue weighted by molar-refractivity contribution is 7.85. The van der Waals surface area contributed by atoms with Gasteiger partial charge in [0.25, 0.3) is 0 Å². The van der Waals surface area contributed by atoms with Gasteiger partial charge in [0.05, 0.1) is 128 Å². The van der Waals surface area contributed by atoms with E-state index in [1.807, 2.05) is 132 Å². The van der Waals surface area contributed by atoms with Crippen LogP contribution in [-0.2, 0) is 66.1 Å². The number of pyridine rings is 6. The van der Waals surface area contributed by atoms with Crippen LogP contribution in [0, 0.1) is 34.9 Å². The van der Waals surface area contributed by atoms with E-state index in [1.165, 1.54) is 85.8 Å². The van der Waals surface area contributed by atoms with Gasteiger partial charge < -0.3 is 10.4 Å². The summed E-state index contributed by atoms with van der Waals surface area (Å²) in [6.07, 6.45) is 4.53. The number of nitrogens with one attached hydrogen (secondary N) is 3. The third kappa shape index (κ3) is 31.9. The highest BCUT2D eigenvalue weighted by Crippen LogP contribution is 2.46. The van der Waals surface area contributed by atoms with Crippen LogP contribution in [0.25, 0.3) is 67.5 Å². The van der Waals surface area contributed by atoms with Gasteiger partial charge in [0.15, 0.2) is 5.78 Å². The Morgan fingerprint density at radius 1 is 0.423 bits per heavy atom. The maximum atomic E-state index is 13.5. The molecule has 12 aromatic rings. The molecule has 142 heavy (non-hydrogen) atoms. The van der Waals surface area contributed by atoms with Crippen LogP contribution in [0.5, 0.6) is 0 Å². The van der Waals surface area contributed by atoms with Crippen LogP contribution in [0.4, 0.5) is 26.3 Å². The molecule has 39 heteroatoms. The maximum absolute atomic E-state index is 13.5. The molecule has 2 saturated heterocycles. The fourth-order valence-electron chi connectivity index (χ4n) is 13.7. The molecule has 0 amide bonds. The molecule has 0 aliphatic carbocycles. The van der Waals surface area contributed by atoms with Crippen molar-refractivity contribution in [3.05, 3.63) is 324 Å². The third-order valence-corrected chi connectivity index (χ3v) is 32.2. The topological polar surface area (TPSA) is 235 Å². The lowest BCUT2D eigenvalue weighted by molar-refractivity contribution is 0.0934. The summed E-state index contributed by atoms with van der Waals surface area (Å²) < 4.78 is 141. The molecule has 17 nitrogen and oxygen atoms in total. The van der Waals surface area contributed by atoms with E-state index in [0.29, 0.717) is 108 Å². The predicted octanol–water partition coefficient (Wildman–Crippen LogP) is 30.7. The molecule has 2 fully saturated rings. The van der Waals surface area contributed by atoms with Gasteiger partial charge in [-0.05, 0) is 361 Å². The molecule has 14 rings (SSSR count). The molecule has 6 aromatic carbocycles. The standard InChI is InChI=1S/C20H23Cl2FN2OS.C19H23Cl2FN2O2S.C19H21Cl2FN2OS.C17H17Cl2FN2OS.C15H13Cl2FN2.C13H8Cl2FNO/c1-6-9-20(5,25-27(26)19(2,3)4)14-11-17(24-18(22)12-14)13-7-8-16(23)15(21)10-13;1-18(2,3)27(26)24-19(4,7-8-25)13-10-16(23-17(21)11-13)12-5-6-15(22)14(20)9-12;1-18(2,3)26(25)24-8-7-19(24,4)13-10-16(23-17(21)11-13)12-5-6-15(22)14(20)9-12;1-10(22-24(23)17(2,3)4)12-8-15(21-16(19)9-12)11-5-6-14(20)13(18)7-11;1-15(4-5-19-15)10-7-13(20-14(17)8-10)9-2-3-12(18)11(16)6-9;1-7(18)9-5-12(17-13(15)6-9)8-2-3-11(16)10(14)4-8/h6-8,10-12,25H,1,9H2,2-5H3;5-6,9-11,24-25H,7-8H2,1-4H3;5-6,9-11H,7-8H2,1-4H3;5-9H,1-4H3;2-3,6-8,19H,4-5H2,1H3;2-6H,1H3. The largest absolute Gasteiger partial charge is 0.396 e. The first-order valence-electron chi connectivity index (χ1n) is 43.8. The molecule has 4 N–H and O–H groups in total. The zero-order chi connectivity index (χ0) is 106. The van der Waals surface area contributed by atoms with Gasteiger partial charge in [-0.25, -0.2) is 86.8 Å². The van der Waals surface area contributed by atoms with E-state index in [4.69, 9.17) is 139 Å². The molecule has 8 unspecified atom stereocenters. The van der Waals surface area contributed by atoms with Gasteiger partial charge in [0.2, 0.25) is 0 Å². The van der Waals surface area contributed by atoms with Crippen molar-refractivity contribution in [2.75, 3.05) is 19.7 Å². The summed E-state index contributed by atoms with van der Waals surface area (Å²) in [6, 6.07) is 47.3. The van der Waals surface area contributed by atoms with Gasteiger partial charge in [0.1, 0.15) is 87.8 Å². The number of rotatable bonds is 22. The number of ketones is 1. The van der Waals surface area contributed by atoms with Crippen molar-refractivity contribution in [1.29, 1.82) is 0 Å². The Balaban J connectivity index is 0.000000191. The van der Waals surface area contributed by atoms with Gasteiger partial charge >= 0.3 is 0 Å². The second-order valence-electron chi connectivity index (χ2n) is 37.8. The summed E-state index contributed by atoms with van der Waals surface area (Å²) in [5.74, 6) is -3.05. The summed E-state index contributed by atoms with van der Waals surface area (Å²) in [5, 5.41) is 14.8. The molecule has 8 atom stereocenters. The van der Waals surface area contributed by atoms with E-state index in [-0.39, 0.29) is 79.0 Å². The first-order valence-corrected chi connectivity index (χ1v) is 52.9. The highest BCUT2D eigenvalue weighted by atomic mass is 35.5. The molecule has 8 heterocycles. The smallest absolute Gasteiger partial charge is 0.159 e. The summed E-state index contributed by atoms with van der Waals surface area (Å²) in [4.78, 5) is 36.9. The Kier molecular flexibility index (Phi) is 41.4. The maximum Gasteiger partial charge on any atom is 0.159 e. The van der Waals surface area contributed by atoms with Crippen molar-refractivity contribution in [1.82, 2.24) is 49.0 Å². The lowest BCUT2D eigenvalue weighted by atomic mass is 9.82. The van der Waals surface area contributed by atoms with Crippen molar-refractivity contribution in [2.45, 2.75) is 191 Å². The van der Waals surface area contributed by atoms with E-state index in [2.05, 4.69) is 69.5 Å². The van der Waals surface area contributed by atoms with Gasteiger partial charge in [-0.1, -0.05) is 145 Å². The molecule has 758 valence electrons. The Bertz CT molecular complexity index is 6810. The van der Waals surface area contributed by atoms with Crippen LogP contribution in [0.1, 0.15) is 188 Å². The van der Waals surface area contributed by atoms with Crippen LogP contribution in [0.15, 0.2) is 199 Å². The number of carbonyl (C=O) groups is 1. The SMILES string of the molecule is C=CCC(C)(NS(=O)C(C)(C)C)c1cc(Cl)nc(-c2ccc(F)c(Cl)c2)c1.CC(=NS(=O)C(C)(C)C)c1cc(Cl)nc(-c2ccc(F)c(Cl)c2)c1.CC(=O)c1cc(Cl)nc(-c2ccc(F)c(Cl)c2)c1.CC(CCO)(NS(=O)C(C)(C)C)c1cc(Cl)nc(-c2ccc(F)c(Cl)c2)c1.CC1(c2cc(Cl)nc(-c3ccc(F)c(Cl)c3)c2)CCN1.CC1(c2cc(Cl)nc(-c3ccc(F)c(Cl)c3)c2)CCN1S(=O)C(C)(C)C. The Hall–Kier alpha value is -7.24. The first-order chi connectivity index (χ1) is 66.0. The average Bonchev–Trinajstić information content (AvgIpc) is 0.734. The minimum Gasteiger partial charge on any atom is -0.396 e. The van der Waals surface area contributed by atoms with E-state index in [0.717, 1.165) is 48.2 Å². The van der Waals surface area contributed by atoms with E-state index < -0.39 is 104 Å². The van der Waals surface area contributed by atoms with Crippen molar-refractivity contribution < 1.29 is 53.1 Å². The summed E-state index contributed by atoms with van der Waals surface area (Å²) in [5.41, 5.74) is 10.7. The quantitative estimate of drug-likeness (QED) is 0.0163. The van der Waals surface area contributed by atoms with Crippen LogP contribution in [0.2, 0.25) is 61.1 Å². The molecule has 2 aliphatic rings. The van der Waals surface area contributed by atoms with E-state index >= 15 is 0 Å². The summed E-state index contributed by atoms with van der Waals surface area (Å²) >= 11 is 71.8. The van der Waals surface area contributed by atoms with Gasteiger partial charge in [-0.2, -0.15) is 4.40 Å². The van der Waals surface area contributed by atoms with Crippen molar-refractivity contribution in [3.8, 4) is 67.5 Å². The number of carbonyl (C=O) groups excluding carboxylic acids is 1. The molecule has 0 radical (unpaired) electrons. The molecule has 0 saturated carbocycles. The van der Waals surface area contributed by atoms with Gasteiger partial charge in [0, 0.05) is 63.2 Å². The van der Waals surface area contributed by atoms with Gasteiger partial charge in [-0.3, -0.25) is 4.79 Å². The Morgan fingerprint density at radius 3 is 1.02 bits per heavy atom. The Morgan fingerprint density at radius 2 is 0.725 bits per heavy atom. The zero-order valence-electron chi connectivity index (χ0n) is 80.6. The minimum atomic E-state index is -1.38. The summed E-state index contributed by atoms with van der Waals surface area (Å²) in [7, 11) is -5.18. The third-order valence-electron chi connectivity index (χ3n) is 22.3. The molecule has 0 bridgehead atoms. The molecule has 2 aliphatic heterocycles. The molecule has 6 aromatic heterocycles. The minimum absolute atomic E-state index is 0.00125. The molecular formula is C103H105Cl12F6N11O6S4. The monoisotopic (exact) mass is 2250 g/mol. The number of aromatic nitrogens is 6. The van der Waals surface area contributed by atoms with E-state index in [1.54, 1.807) is 85.8 Å². The number of benzene rings is 6. The van der Waals surface area contributed by atoms with Gasteiger partial charge in [-0.15, -0.1) is 6.58 Å². The lowest BCUT2D eigenvalue weighted by Crippen LogP contribution is -2.58. The average molecular weight is 2260 g/mol. The normalized spacial score (nSPS) is 16.6. The number of halogens is 18. The van der Waals surface area contributed by atoms with Crippen molar-refractivity contribution >= 4 is 195 Å². The second-order valence-corrected chi connectivity index (χ2v) is 50.6. The van der Waals surface area contributed by atoms with Crippen LogP contribution >= 0.6 is 139 Å². The van der Waals surface area contributed by atoms with Crippen LogP contribution < -0.4 is 14.8 Å². The first kappa shape index (κ1) is 118. The fraction of sp³-hybridized carbons (Fsp3) is 0.320. The molecule has 0 spiro atoms. The van der Waals surface area contributed by atoms with Crippen molar-refractivity contribution in [3.63, 3.8) is 0 Å². The van der Waals surface area contributed by atoms with Crippen molar-refractivity contribution in [2.24, 2.45) is 4.40 Å². The second kappa shape index (κ2) is 49.7. The Labute approximate surface area is 895 Å². The summed E-state index contributed by atoms with van der Waals surface area (Å²) in [6.45, 7) is 39.4. The molecular weight excluding hydrogens is 2150 g/mol. The fourth-order valence-corrected chi connectivity index (χ4v) is 20.0. The predicted molar refractivity (Wildman–Crippen MR) is 578 cm³/mol. The van der Waals surface area contributed by atoms with Crippen LogP contribution in [-0.4, -0.2) is 106 Å². The highest BCUT2D eigenvalue weighted by Gasteiger charge is 2.48. The number of hydrogen-bond acceptors (Lipinski definition) is 13. The van der Waals surface area contributed by atoms with E-state index in [9.17, 15) is 53.1 Å². The zero-order valence-corrected chi connectivity index (χ0v) is 92.9. The number of nitrogens with zero attached hydrogens (tertiary/aromatic N) is 8. The number of Topliss-reactive ketones (excluding diaryl/α,β-unsaturated/α-hetero) is 1. The lowest BCUT2D eigenvalue weighted by Gasteiger charge is -2.51. The van der Waals surface area contributed by atoms with Crippen LogP contribution in [0.3, 0.4) is 0 Å². The number of hydrogen-bond donors (Lipinski definition) is 4.